The molecular weight excluding hydrogens is 270 g/mol. The van der Waals surface area contributed by atoms with Crippen molar-refractivity contribution in [1.29, 1.82) is 0 Å². The molecule has 1 atom stereocenters. The van der Waals surface area contributed by atoms with Gasteiger partial charge < -0.3 is 20.5 Å². The quantitative estimate of drug-likeness (QED) is 0.866. The summed E-state index contributed by atoms with van der Waals surface area (Å²) in [4.78, 5) is 4.55. The lowest BCUT2D eigenvalue weighted by Gasteiger charge is -2.25. The van der Waals surface area contributed by atoms with Gasteiger partial charge >= 0.3 is 0 Å². The van der Waals surface area contributed by atoms with Crippen molar-refractivity contribution in [3.05, 3.63) is 24.2 Å². The smallest absolute Gasteiger partial charge is 0.237 e. The average Bonchev–Trinajstić information content (AvgIpc) is 2.94. The van der Waals surface area contributed by atoms with E-state index in [1.54, 1.807) is 18.0 Å². The number of ether oxygens (including phenoxy) is 2. The van der Waals surface area contributed by atoms with Crippen LogP contribution in [0.3, 0.4) is 0 Å². The average molecular weight is 289 g/mol. The first kappa shape index (κ1) is 13.8. The Morgan fingerprint density at radius 1 is 1.52 bits per heavy atom. The number of hydrogen-bond donors (Lipinski definition) is 2. The maximum Gasteiger partial charge on any atom is 0.237 e. The minimum absolute atomic E-state index is 0.122. The van der Waals surface area contributed by atoms with Gasteiger partial charge in [0.25, 0.3) is 0 Å². The van der Waals surface area contributed by atoms with Crippen LogP contribution in [0.1, 0.15) is 11.8 Å². The van der Waals surface area contributed by atoms with Crippen LogP contribution in [-0.2, 0) is 11.8 Å². The zero-order valence-electron chi connectivity index (χ0n) is 12.2. The fourth-order valence-corrected chi connectivity index (χ4v) is 2.47. The number of methoxy groups -OCH3 is 1. The van der Waals surface area contributed by atoms with E-state index in [9.17, 15) is 0 Å². The molecule has 0 amide bonds. The number of nitrogen functional groups attached to an aromatic ring is 1. The predicted molar refractivity (Wildman–Crippen MR) is 79.0 cm³/mol. The Labute approximate surface area is 123 Å². The van der Waals surface area contributed by atoms with E-state index in [0.717, 1.165) is 23.4 Å². The SMILES string of the molecule is COc1nc(C2CNCCO2)c(-c2cnn(C)c2)cc1N. The van der Waals surface area contributed by atoms with Crippen molar-refractivity contribution < 1.29 is 9.47 Å². The second-order valence-corrected chi connectivity index (χ2v) is 4.99. The van der Waals surface area contributed by atoms with Crippen molar-refractivity contribution in [2.45, 2.75) is 6.10 Å². The molecule has 2 aromatic rings. The molecule has 0 radical (unpaired) electrons. The Hall–Kier alpha value is -2.12. The summed E-state index contributed by atoms with van der Waals surface area (Å²) in [6.45, 7) is 2.23. The summed E-state index contributed by atoms with van der Waals surface area (Å²) < 4.78 is 12.8. The molecular formula is C14H19N5O2. The van der Waals surface area contributed by atoms with Crippen LogP contribution in [0.4, 0.5) is 5.69 Å². The van der Waals surface area contributed by atoms with E-state index in [1.807, 2.05) is 19.3 Å². The van der Waals surface area contributed by atoms with Crippen LogP contribution in [0.15, 0.2) is 18.5 Å². The lowest BCUT2D eigenvalue weighted by atomic mass is 10.0. The van der Waals surface area contributed by atoms with Crippen LogP contribution in [0.2, 0.25) is 0 Å². The van der Waals surface area contributed by atoms with E-state index < -0.39 is 0 Å². The molecule has 0 bridgehead atoms. The highest BCUT2D eigenvalue weighted by molar-refractivity contribution is 5.71. The van der Waals surface area contributed by atoms with Crippen molar-refractivity contribution in [2.24, 2.45) is 7.05 Å². The van der Waals surface area contributed by atoms with Gasteiger partial charge in [0.2, 0.25) is 5.88 Å². The topological polar surface area (TPSA) is 87.2 Å². The van der Waals surface area contributed by atoms with E-state index >= 15 is 0 Å². The Balaban J connectivity index is 2.09. The zero-order valence-corrected chi connectivity index (χ0v) is 12.2. The standard InChI is InChI=1S/C14H19N5O2/c1-19-8-9(6-17-19)10-5-11(15)14(20-2)18-13(10)12-7-16-3-4-21-12/h5-6,8,12,16H,3-4,7,15H2,1-2H3. The highest BCUT2D eigenvalue weighted by atomic mass is 16.5. The lowest BCUT2D eigenvalue weighted by molar-refractivity contribution is 0.0251. The van der Waals surface area contributed by atoms with E-state index in [2.05, 4.69) is 15.4 Å². The number of nitrogens with one attached hydrogen (secondary N) is 1. The van der Waals surface area contributed by atoms with E-state index in [1.165, 1.54) is 0 Å². The van der Waals surface area contributed by atoms with Crippen molar-refractivity contribution in [3.8, 4) is 17.0 Å². The van der Waals surface area contributed by atoms with Crippen molar-refractivity contribution in [1.82, 2.24) is 20.1 Å². The molecule has 1 aliphatic rings. The van der Waals surface area contributed by atoms with E-state index in [4.69, 9.17) is 15.2 Å². The monoisotopic (exact) mass is 289 g/mol. The maximum absolute atomic E-state index is 6.00. The summed E-state index contributed by atoms with van der Waals surface area (Å²) in [5.41, 5.74) is 9.22. The van der Waals surface area contributed by atoms with Gasteiger partial charge in [-0.3, -0.25) is 4.68 Å². The number of aryl methyl sites for hydroxylation is 1. The molecule has 2 aromatic heterocycles. The first-order valence-electron chi connectivity index (χ1n) is 6.84. The van der Waals surface area contributed by atoms with Gasteiger partial charge in [0.15, 0.2) is 0 Å². The molecule has 3 rings (SSSR count). The fourth-order valence-electron chi connectivity index (χ4n) is 2.47. The van der Waals surface area contributed by atoms with E-state index in [-0.39, 0.29) is 6.10 Å². The first-order chi connectivity index (χ1) is 10.2. The number of rotatable bonds is 3. The maximum atomic E-state index is 6.00. The van der Waals surface area contributed by atoms with Gasteiger partial charge in [-0.2, -0.15) is 5.10 Å². The second kappa shape index (κ2) is 5.71. The second-order valence-electron chi connectivity index (χ2n) is 4.99. The van der Waals surface area contributed by atoms with Gasteiger partial charge in [-0.15, -0.1) is 0 Å². The van der Waals surface area contributed by atoms with Crippen molar-refractivity contribution in [2.75, 3.05) is 32.5 Å². The van der Waals surface area contributed by atoms with Gasteiger partial charge in [0.05, 0.1) is 31.3 Å². The van der Waals surface area contributed by atoms with E-state index in [0.29, 0.717) is 24.7 Å². The molecule has 1 aliphatic heterocycles. The number of nitrogens with zero attached hydrogens (tertiary/aromatic N) is 3. The fraction of sp³-hybridized carbons (Fsp3) is 0.429. The molecule has 7 heteroatoms. The number of aromatic nitrogens is 3. The molecule has 21 heavy (non-hydrogen) atoms. The minimum atomic E-state index is -0.122. The third-order valence-electron chi connectivity index (χ3n) is 3.49. The van der Waals surface area contributed by atoms with Gasteiger partial charge in [0.1, 0.15) is 6.10 Å². The third-order valence-corrected chi connectivity index (χ3v) is 3.49. The van der Waals surface area contributed by atoms with Gasteiger partial charge in [-0.25, -0.2) is 4.98 Å². The molecule has 1 unspecified atom stereocenters. The Bertz CT molecular complexity index is 634. The highest BCUT2D eigenvalue weighted by Crippen LogP contribution is 2.34. The van der Waals surface area contributed by atoms with Crippen LogP contribution in [-0.4, -0.2) is 41.6 Å². The van der Waals surface area contributed by atoms with Crippen molar-refractivity contribution in [3.63, 3.8) is 0 Å². The molecule has 1 fully saturated rings. The molecule has 3 heterocycles. The Kier molecular flexibility index (Phi) is 3.76. The summed E-state index contributed by atoms with van der Waals surface area (Å²) in [5.74, 6) is 0.423. The van der Waals surface area contributed by atoms with Gasteiger partial charge in [-0.05, 0) is 6.07 Å². The normalized spacial score (nSPS) is 18.7. The summed E-state index contributed by atoms with van der Waals surface area (Å²) in [6.07, 6.45) is 3.61. The van der Waals surface area contributed by atoms with Crippen LogP contribution < -0.4 is 15.8 Å². The Morgan fingerprint density at radius 3 is 3.00 bits per heavy atom. The summed E-state index contributed by atoms with van der Waals surface area (Å²) in [5, 5.41) is 7.52. The highest BCUT2D eigenvalue weighted by Gasteiger charge is 2.23. The summed E-state index contributed by atoms with van der Waals surface area (Å²) in [6, 6.07) is 1.87. The largest absolute Gasteiger partial charge is 0.480 e. The van der Waals surface area contributed by atoms with Crippen molar-refractivity contribution >= 4 is 5.69 Å². The molecule has 0 saturated carbocycles. The molecule has 0 aliphatic carbocycles. The lowest BCUT2D eigenvalue weighted by Crippen LogP contribution is -2.34. The van der Waals surface area contributed by atoms with Gasteiger partial charge in [0, 0.05) is 37.5 Å². The van der Waals surface area contributed by atoms with Crippen LogP contribution in [0, 0.1) is 0 Å². The molecule has 0 aromatic carbocycles. The zero-order chi connectivity index (χ0) is 14.8. The van der Waals surface area contributed by atoms with Crippen LogP contribution >= 0.6 is 0 Å². The number of hydrogen-bond acceptors (Lipinski definition) is 6. The molecule has 112 valence electrons. The summed E-state index contributed by atoms with van der Waals surface area (Å²) >= 11 is 0. The third kappa shape index (κ3) is 2.70. The molecule has 0 spiro atoms. The number of nitrogens with two attached hydrogens (primary N) is 1. The number of morpholine rings is 1. The van der Waals surface area contributed by atoms with Crippen LogP contribution in [0.25, 0.3) is 11.1 Å². The number of anilines is 1. The molecule has 1 saturated heterocycles. The summed E-state index contributed by atoms with van der Waals surface area (Å²) in [7, 11) is 3.44. The number of pyridine rings is 1. The Morgan fingerprint density at radius 2 is 2.38 bits per heavy atom. The van der Waals surface area contributed by atoms with Crippen LogP contribution in [0.5, 0.6) is 5.88 Å². The molecule has 7 nitrogen and oxygen atoms in total. The predicted octanol–water partition coefficient (Wildman–Crippen LogP) is 0.734. The minimum Gasteiger partial charge on any atom is -0.480 e. The first-order valence-corrected chi connectivity index (χ1v) is 6.84. The molecule has 3 N–H and O–H groups in total. The van der Waals surface area contributed by atoms with Gasteiger partial charge in [-0.1, -0.05) is 0 Å².